The van der Waals surface area contributed by atoms with E-state index in [4.69, 9.17) is 0 Å². The molecule has 23 heavy (non-hydrogen) atoms. The van der Waals surface area contributed by atoms with E-state index in [2.05, 4.69) is 10.3 Å². The summed E-state index contributed by atoms with van der Waals surface area (Å²) in [7, 11) is 0. The van der Waals surface area contributed by atoms with Gasteiger partial charge in [0.25, 0.3) is 0 Å². The molecule has 1 amide bonds. The Hall–Kier alpha value is -2.58. The summed E-state index contributed by atoms with van der Waals surface area (Å²) in [5.74, 6) is 0. The number of anilines is 1. The Labute approximate surface area is 130 Å². The third-order valence-corrected chi connectivity index (χ3v) is 3.73. The normalized spacial score (nSPS) is 15.8. The van der Waals surface area contributed by atoms with Gasteiger partial charge in [0.15, 0.2) is 0 Å². The first-order chi connectivity index (χ1) is 10.9. The van der Waals surface area contributed by atoms with Gasteiger partial charge in [0.1, 0.15) is 0 Å². The van der Waals surface area contributed by atoms with Crippen LogP contribution >= 0.6 is 0 Å². The van der Waals surface area contributed by atoms with E-state index in [-0.39, 0.29) is 6.03 Å². The standard InChI is InChI=1S/C14H14F3N5O/c15-14(16,17)11-1-3-12(4-2-11)20-7-9-21(10-8-20)13(23)22-6-5-18-19-22/h1-6H,7-10H2. The first-order valence-electron chi connectivity index (χ1n) is 7.03. The van der Waals surface area contributed by atoms with E-state index in [1.807, 2.05) is 4.90 Å². The van der Waals surface area contributed by atoms with Crippen LogP contribution in [-0.4, -0.2) is 52.1 Å². The van der Waals surface area contributed by atoms with Crippen LogP contribution in [0, 0.1) is 0 Å². The molecule has 0 bridgehead atoms. The van der Waals surface area contributed by atoms with E-state index >= 15 is 0 Å². The molecule has 1 aromatic carbocycles. The van der Waals surface area contributed by atoms with Gasteiger partial charge in [-0.3, -0.25) is 0 Å². The second-order valence-electron chi connectivity index (χ2n) is 5.15. The van der Waals surface area contributed by atoms with Crippen LogP contribution in [0.5, 0.6) is 0 Å². The maximum Gasteiger partial charge on any atom is 0.416 e. The molecule has 0 radical (unpaired) electrons. The van der Waals surface area contributed by atoms with Gasteiger partial charge >= 0.3 is 12.2 Å². The summed E-state index contributed by atoms with van der Waals surface area (Å²) in [5.41, 5.74) is 0.0482. The molecule has 122 valence electrons. The summed E-state index contributed by atoms with van der Waals surface area (Å²) in [5, 5.41) is 7.25. The van der Waals surface area contributed by atoms with Crippen LogP contribution in [0.1, 0.15) is 5.56 Å². The molecule has 0 atom stereocenters. The number of aromatic nitrogens is 3. The van der Waals surface area contributed by atoms with Gasteiger partial charge in [-0.05, 0) is 24.3 Å². The molecule has 2 heterocycles. The topological polar surface area (TPSA) is 54.3 Å². The lowest BCUT2D eigenvalue weighted by Gasteiger charge is -2.35. The fraction of sp³-hybridized carbons (Fsp3) is 0.357. The molecule has 0 spiro atoms. The number of halogens is 3. The molecule has 0 N–H and O–H groups in total. The minimum Gasteiger partial charge on any atom is -0.368 e. The average molecular weight is 325 g/mol. The molecule has 0 saturated carbocycles. The van der Waals surface area contributed by atoms with Gasteiger partial charge < -0.3 is 9.80 Å². The maximum atomic E-state index is 12.6. The zero-order chi connectivity index (χ0) is 16.4. The third kappa shape index (κ3) is 3.27. The molecule has 0 unspecified atom stereocenters. The second kappa shape index (κ2) is 5.90. The van der Waals surface area contributed by atoms with Crippen LogP contribution in [0.4, 0.5) is 23.7 Å². The Bertz CT molecular complexity index is 661. The van der Waals surface area contributed by atoms with Crippen LogP contribution < -0.4 is 4.90 Å². The van der Waals surface area contributed by atoms with Gasteiger partial charge in [-0.15, -0.1) is 5.10 Å². The minimum absolute atomic E-state index is 0.255. The minimum atomic E-state index is -4.33. The van der Waals surface area contributed by atoms with Crippen LogP contribution in [0.2, 0.25) is 0 Å². The Morgan fingerprint density at radius 3 is 2.22 bits per heavy atom. The number of carbonyl (C=O) groups is 1. The van der Waals surface area contributed by atoms with Crippen molar-refractivity contribution in [3.8, 4) is 0 Å². The highest BCUT2D eigenvalue weighted by molar-refractivity contribution is 5.76. The van der Waals surface area contributed by atoms with E-state index in [0.717, 1.165) is 16.8 Å². The summed E-state index contributed by atoms with van der Waals surface area (Å²) >= 11 is 0. The van der Waals surface area contributed by atoms with Gasteiger partial charge in [-0.2, -0.15) is 17.9 Å². The molecule has 1 fully saturated rings. The number of carbonyl (C=O) groups excluding carboxylic acids is 1. The summed E-state index contributed by atoms with van der Waals surface area (Å²) in [6.07, 6.45) is -1.43. The van der Waals surface area contributed by atoms with Gasteiger partial charge in [0.05, 0.1) is 18.0 Å². The number of benzene rings is 1. The van der Waals surface area contributed by atoms with E-state index in [1.165, 1.54) is 24.5 Å². The lowest BCUT2D eigenvalue weighted by Crippen LogP contribution is -2.50. The number of hydrogen-bond donors (Lipinski definition) is 0. The van der Waals surface area contributed by atoms with Crippen molar-refractivity contribution >= 4 is 11.7 Å². The number of nitrogens with zero attached hydrogens (tertiary/aromatic N) is 5. The highest BCUT2D eigenvalue weighted by Crippen LogP contribution is 2.30. The van der Waals surface area contributed by atoms with Gasteiger partial charge in [-0.25, -0.2) is 4.79 Å². The zero-order valence-corrected chi connectivity index (χ0v) is 12.1. The SMILES string of the molecule is O=C(N1CCN(c2ccc(C(F)(F)F)cc2)CC1)n1ccnn1. The molecule has 1 saturated heterocycles. The predicted molar refractivity (Wildman–Crippen MR) is 76.0 cm³/mol. The first kappa shape index (κ1) is 15.3. The van der Waals surface area contributed by atoms with E-state index in [9.17, 15) is 18.0 Å². The van der Waals surface area contributed by atoms with Crippen molar-refractivity contribution in [2.45, 2.75) is 6.18 Å². The molecular formula is C14H14F3N5O. The van der Waals surface area contributed by atoms with Crippen molar-refractivity contribution in [1.29, 1.82) is 0 Å². The molecule has 1 aliphatic rings. The van der Waals surface area contributed by atoms with Gasteiger partial charge in [-0.1, -0.05) is 5.21 Å². The second-order valence-corrected chi connectivity index (χ2v) is 5.15. The summed E-state index contributed by atoms with van der Waals surface area (Å²) < 4.78 is 38.9. The molecule has 0 aliphatic carbocycles. The van der Waals surface area contributed by atoms with Crippen molar-refractivity contribution in [2.24, 2.45) is 0 Å². The molecule has 1 aromatic heterocycles. The Morgan fingerprint density at radius 1 is 1.04 bits per heavy atom. The van der Waals surface area contributed by atoms with Crippen LogP contribution in [0.3, 0.4) is 0 Å². The van der Waals surface area contributed by atoms with Crippen LogP contribution in [0.25, 0.3) is 0 Å². The molecule has 3 rings (SSSR count). The lowest BCUT2D eigenvalue weighted by molar-refractivity contribution is -0.137. The zero-order valence-electron chi connectivity index (χ0n) is 12.1. The quantitative estimate of drug-likeness (QED) is 0.806. The van der Waals surface area contributed by atoms with Crippen molar-refractivity contribution < 1.29 is 18.0 Å². The molecular weight excluding hydrogens is 311 g/mol. The number of piperazine rings is 1. The Kier molecular flexibility index (Phi) is 3.93. The molecule has 9 heteroatoms. The lowest BCUT2D eigenvalue weighted by atomic mass is 10.1. The maximum absolute atomic E-state index is 12.6. The van der Waals surface area contributed by atoms with Gasteiger partial charge in [0, 0.05) is 31.9 Å². The van der Waals surface area contributed by atoms with Crippen molar-refractivity contribution in [3.63, 3.8) is 0 Å². The fourth-order valence-electron chi connectivity index (χ4n) is 2.47. The van der Waals surface area contributed by atoms with Crippen LogP contribution in [-0.2, 0) is 6.18 Å². The fourth-order valence-corrected chi connectivity index (χ4v) is 2.47. The monoisotopic (exact) mass is 325 g/mol. The molecule has 1 aliphatic heterocycles. The summed E-state index contributed by atoms with van der Waals surface area (Å²) in [6, 6.07) is 4.80. The van der Waals surface area contributed by atoms with Crippen LogP contribution in [0.15, 0.2) is 36.7 Å². The number of alkyl halides is 3. The molecule has 2 aromatic rings. The summed E-state index contributed by atoms with van der Waals surface area (Å²) in [4.78, 5) is 15.7. The number of amides is 1. The third-order valence-electron chi connectivity index (χ3n) is 3.73. The van der Waals surface area contributed by atoms with Gasteiger partial charge in [0.2, 0.25) is 0 Å². The van der Waals surface area contributed by atoms with Crippen molar-refractivity contribution in [3.05, 3.63) is 42.2 Å². The predicted octanol–water partition coefficient (Wildman–Crippen LogP) is 2.09. The summed E-state index contributed by atoms with van der Waals surface area (Å²) in [6.45, 7) is 2.04. The highest BCUT2D eigenvalue weighted by Gasteiger charge is 2.30. The van der Waals surface area contributed by atoms with E-state index in [0.29, 0.717) is 31.9 Å². The van der Waals surface area contributed by atoms with Crippen molar-refractivity contribution in [2.75, 3.05) is 31.1 Å². The van der Waals surface area contributed by atoms with Crippen molar-refractivity contribution in [1.82, 2.24) is 19.9 Å². The number of rotatable bonds is 1. The first-order valence-corrected chi connectivity index (χ1v) is 7.03. The highest BCUT2D eigenvalue weighted by atomic mass is 19.4. The number of hydrogen-bond acceptors (Lipinski definition) is 4. The largest absolute Gasteiger partial charge is 0.416 e. The average Bonchev–Trinajstić information content (AvgIpc) is 3.08. The van der Waals surface area contributed by atoms with E-state index in [1.54, 1.807) is 4.90 Å². The van der Waals surface area contributed by atoms with E-state index < -0.39 is 11.7 Å². The molecule has 6 nitrogen and oxygen atoms in total. The Balaban J connectivity index is 1.62. The Morgan fingerprint density at radius 2 is 1.70 bits per heavy atom. The smallest absolute Gasteiger partial charge is 0.368 e.